The number of para-hydroxylation sites is 2. The number of hydrogen-bond acceptors (Lipinski definition) is 4. The first kappa shape index (κ1) is 11.8. The summed E-state index contributed by atoms with van der Waals surface area (Å²) in [5, 5.41) is 15.2. The summed E-state index contributed by atoms with van der Waals surface area (Å²) in [7, 11) is 0. The average Bonchev–Trinajstić information content (AvgIpc) is 3.15. The molecule has 4 nitrogen and oxygen atoms in total. The van der Waals surface area contributed by atoms with Crippen LogP contribution in [0.3, 0.4) is 0 Å². The second kappa shape index (κ2) is 5.60. The van der Waals surface area contributed by atoms with Crippen molar-refractivity contribution in [2.75, 3.05) is 11.6 Å². The summed E-state index contributed by atoms with van der Waals surface area (Å²) < 4.78 is 0. The summed E-state index contributed by atoms with van der Waals surface area (Å²) in [5.74, 6) is 0. The van der Waals surface area contributed by atoms with Gasteiger partial charge in [-0.25, -0.2) is 4.99 Å². The van der Waals surface area contributed by atoms with Crippen LogP contribution in [0.15, 0.2) is 29.3 Å². The van der Waals surface area contributed by atoms with E-state index in [0.717, 1.165) is 11.4 Å². The van der Waals surface area contributed by atoms with E-state index in [1.165, 1.54) is 24.6 Å². The first-order valence-corrected chi connectivity index (χ1v) is 6.69. The van der Waals surface area contributed by atoms with E-state index < -0.39 is 0 Å². The normalized spacial score (nSPS) is 15.2. The first-order chi connectivity index (χ1) is 8.33. The molecule has 88 valence electrons. The number of benzene rings is 1. The van der Waals surface area contributed by atoms with E-state index in [4.69, 9.17) is 5.26 Å². The summed E-state index contributed by atoms with van der Waals surface area (Å²) in [5.41, 5.74) is 1.90. The van der Waals surface area contributed by atoms with Gasteiger partial charge < -0.3 is 5.32 Å². The minimum atomic E-state index is 0.591. The molecule has 0 saturated heterocycles. The minimum Gasteiger partial charge on any atom is -0.381 e. The first-order valence-electron chi connectivity index (χ1n) is 5.47. The SMILES string of the molecule is CSC(=Nc1ccccc1NC1CC1)NC#N. The van der Waals surface area contributed by atoms with Gasteiger partial charge in [0.15, 0.2) is 11.4 Å². The van der Waals surface area contributed by atoms with Crippen LogP contribution in [0, 0.1) is 11.5 Å². The van der Waals surface area contributed by atoms with E-state index in [9.17, 15) is 0 Å². The maximum absolute atomic E-state index is 8.60. The Morgan fingerprint density at radius 2 is 2.24 bits per heavy atom. The van der Waals surface area contributed by atoms with Crippen LogP contribution in [-0.2, 0) is 0 Å². The lowest BCUT2D eigenvalue weighted by Crippen LogP contribution is -2.12. The lowest BCUT2D eigenvalue weighted by molar-refractivity contribution is 1.15. The molecular weight excluding hydrogens is 232 g/mol. The van der Waals surface area contributed by atoms with Gasteiger partial charge in [-0.05, 0) is 31.2 Å². The van der Waals surface area contributed by atoms with Gasteiger partial charge in [0.25, 0.3) is 0 Å². The Bertz CT molecular complexity index is 460. The quantitative estimate of drug-likeness (QED) is 0.372. The standard InChI is InChI=1S/C12H14N4S/c1-17-12(14-8-13)16-11-5-3-2-4-10(11)15-9-6-7-9/h2-5,9,15H,6-7H2,1H3,(H,14,16). The van der Waals surface area contributed by atoms with E-state index in [2.05, 4.69) is 15.6 Å². The van der Waals surface area contributed by atoms with Gasteiger partial charge in [-0.15, -0.1) is 0 Å². The smallest absolute Gasteiger partial charge is 0.183 e. The Hall–Kier alpha value is -1.67. The number of nitrogens with one attached hydrogen (secondary N) is 2. The number of hydrogen-bond donors (Lipinski definition) is 2. The number of anilines is 1. The summed E-state index contributed by atoms with van der Waals surface area (Å²) in [6, 6.07) is 8.48. The van der Waals surface area contributed by atoms with Gasteiger partial charge in [0.05, 0.1) is 11.4 Å². The van der Waals surface area contributed by atoms with Crippen LogP contribution in [0.25, 0.3) is 0 Å². The van der Waals surface area contributed by atoms with E-state index in [-0.39, 0.29) is 0 Å². The highest BCUT2D eigenvalue weighted by atomic mass is 32.2. The van der Waals surface area contributed by atoms with Crippen molar-refractivity contribution in [1.29, 1.82) is 5.26 Å². The predicted octanol–water partition coefficient (Wildman–Crippen LogP) is 2.68. The van der Waals surface area contributed by atoms with Crippen LogP contribution >= 0.6 is 11.8 Å². The van der Waals surface area contributed by atoms with Crippen molar-refractivity contribution in [2.45, 2.75) is 18.9 Å². The van der Waals surface area contributed by atoms with Gasteiger partial charge in [-0.1, -0.05) is 23.9 Å². The van der Waals surface area contributed by atoms with Crippen molar-refractivity contribution < 1.29 is 0 Å². The lowest BCUT2D eigenvalue weighted by atomic mass is 10.2. The molecule has 0 aliphatic heterocycles. The van der Waals surface area contributed by atoms with Gasteiger partial charge in [-0.3, -0.25) is 5.32 Å². The summed E-state index contributed by atoms with van der Waals surface area (Å²) in [6.45, 7) is 0. The third kappa shape index (κ3) is 3.40. The zero-order valence-corrected chi connectivity index (χ0v) is 10.4. The molecule has 2 N–H and O–H groups in total. The molecule has 17 heavy (non-hydrogen) atoms. The molecule has 1 aromatic rings. The highest BCUT2D eigenvalue weighted by molar-refractivity contribution is 8.13. The van der Waals surface area contributed by atoms with Gasteiger partial charge >= 0.3 is 0 Å². The molecule has 0 radical (unpaired) electrons. The molecular formula is C12H14N4S. The monoisotopic (exact) mass is 246 g/mol. The maximum Gasteiger partial charge on any atom is 0.183 e. The van der Waals surface area contributed by atoms with E-state index in [0.29, 0.717) is 11.2 Å². The molecule has 5 heteroatoms. The number of nitriles is 1. The van der Waals surface area contributed by atoms with E-state index in [1.807, 2.05) is 36.7 Å². The summed E-state index contributed by atoms with van der Waals surface area (Å²) >= 11 is 1.42. The Morgan fingerprint density at radius 3 is 2.88 bits per heavy atom. The van der Waals surface area contributed by atoms with Crippen LogP contribution < -0.4 is 10.6 Å². The highest BCUT2D eigenvalue weighted by Crippen LogP contribution is 2.31. The van der Waals surface area contributed by atoms with Gasteiger partial charge in [-0.2, -0.15) is 5.26 Å². The Morgan fingerprint density at radius 1 is 1.47 bits per heavy atom. The molecule has 1 saturated carbocycles. The van der Waals surface area contributed by atoms with Gasteiger partial charge in [0, 0.05) is 6.04 Å². The Balaban J connectivity index is 2.20. The molecule has 2 rings (SSSR count). The minimum absolute atomic E-state index is 0.591. The maximum atomic E-state index is 8.60. The van der Waals surface area contributed by atoms with Gasteiger partial charge in [0.2, 0.25) is 0 Å². The van der Waals surface area contributed by atoms with E-state index >= 15 is 0 Å². The lowest BCUT2D eigenvalue weighted by Gasteiger charge is -2.08. The topological polar surface area (TPSA) is 60.2 Å². The fourth-order valence-corrected chi connectivity index (χ4v) is 1.76. The summed E-state index contributed by atoms with van der Waals surface area (Å²) in [4.78, 5) is 4.43. The Kier molecular flexibility index (Phi) is 3.89. The fraction of sp³-hybridized carbons (Fsp3) is 0.333. The second-order valence-corrected chi connectivity index (χ2v) is 4.59. The number of thioether (sulfide) groups is 1. The van der Waals surface area contributed by atoms with Crippen LogP contribution in [0.2, 0.25) is 0 Å². The molecule has 1 aliphatic rings. The molecule has 0 unspecified atom stereocenters. The summed E-state index contributed by atoms with van der Waals surface area (Å²) in [6.07, 6.45) is 6.23. The number of amidine groups is 1. The van der Waals surface area contributed by atoms with Crippen molar-refractivity contribution in [3.63, 3.8) is 0 Å². The van der Waals surface area contributed by atoms with Crippen molar-refractivity contribution in [3.8, 4) is 6.19 Å². The molecule has 0 heterocycles. The molecule has 1 aromatic carbocycles. The molecule has 0 spiro atoms. The number of rotatable bonds is 3. The molecule has 0 amide bonds. The third-order valence-electron chi connectivity index (χ3n) is 2.42. The van der Waals surface area contributed by atoms with E-state index in [1.54, 1.807) is 0 Å². The highest BCUT2D eigenvalue weighted by Gasteiger charge is 2.21. The predicted molar refractivity (Wildman–Crippen MR) is 72.4 cm³/mol. The zero-order valence-electron chi connectivity index (χ0n) is 9.60. The Labute approximate surface area is 105 Å². The number of aliphatic imine (C=N–C) groups is 1. The van der Waals surface area contributed by atoms with Crippen molar-refractivity contribution in [2.24, 2.45) is 4.99 Å². The average molecular weight is 246 g/mol. The van der Waals surface area contributed by atoms with Crippen molar-refractivity contribution in [1.82, 2.24) is 5.32 Å². The van der Waals surface area contributed by atoms with Gasteiger partial charge in [0.1, 0.15) is 0 Å². The van der Waals surface area contributed by atoms with Crippen LogP contribution in [-0.4, -0.2) is 17.5 Å². The second-order valence-electron chi connectivity index (χ2n) is 3.79. The van der Waals surface area contributed by atoms with Crippen LogP contribution in [0.5, 0.6) is 0 Å². The molecule has 0 aromatic heterocycles. The molecule has 0 atom stereocenters. The third-order valence-corrected chi connectivity index (χ3v) is 3.00. The van der Waals surface area contributed by atoms with Crippen molar-refractivity contribution in [3.05, 3.63) is 24.3 Å². The largest absolute Gasteiger partial charge is 0.381 e. The van der Waals surface area contributed by atoms with Crippen molar-refractivity contribution >= 4 is 28.3 Å². The number of nitrogens with zero attached hydrogens (tertiary/aromatic N) is 2. The molecule has 1 aliphatic carbocycles. The zero-order chi connectivity index (χ0) is 12.1. The van der Waals surface area contributed by atoms with Crippen LogP contribution in [0.1, 0.15) is 12.8 Å². The molecule has 1 fully saturated rings. The van der Waals surface area contributed by atoms with Crippen LogP contribution in [0.4, 0.5) is 11.4 Å². The molecule has 0 bridgehead atoms. The fourth-order valence-electron chi connectivity index (χ4n) is 1.42.